The topological polar surface area (TPSA) is 34.2 Å². The van der Waals surface area contributed by atoms with Gasteiger partial charge in [0.05, 0.1) is 18.9 Å². The standard InChI is InChI=1S/C15H19BrN2OS/c1-2-7-17-8-15-18-14(11-20-15)10-19-9-12-3-5-13(16)6-4-12/h3-6,11,17H,2,7-10H2,1H3. The lowest BCUT2D eigenvalue weighted by atomic mass is 10.2. The Bertz CT molecular complexity index is 513. The predicted octanol–water partition coefficient (Wildman–Crippen LogP) is 4.12. The Morgan fingerprint density at radius 2 is 2.05 bits per heavy atom. The molecule has 0 atom stereocenters. The van der Waals surface area contributed by atoms with Gasteiger partial charge in [0.15, 0.2) is 0 Å². The fourth-order valence-electron chi connectivity index (χ4n) is 1.72. The van der Waals surface area contributed by atoms with Crippen molar-refractivity contribution in [3.8, 4) is 0 Å². The van der Waals surface area contributed by atoms with E-state index in [-0.39, 0.29) is 0 Å². The Kier molecular flexibility index (Phi) is 6.66. The quantitative estimate of drug-likeness (QED) is 0.724. The maximum absolute atomic E-state index is 5.69. The normalized spacial score (nSPS) is 10.9. The summed E-state index contributed by atoms with van der Waals surface area (Å²) < 4.78 is 6.78. The monoisotopic (exact) mass is 354 g/mol. The van der Waals surface area contributed by atoms with E-state index in [1.807, 2.05) is 12.1 Å². The lowest BCUT2D eigenvalue weighted by Crippen LogP contribution is -2.13. The van der Waals surface area contributed by atoms with Crippen LogP contribution in [0.25, 0.3) is 0 Å². The van der Waals surface area contributed by atoms with Gasteiger partial charge < -0.3 is 10.1 Å². The molecule has 1 aromatic carbocycles. The molecule has 0 spiro atoms. The van der Waals surface area contributed by atoms with Crippen molar-refractivity contribution in [1.82, 2.24) is 10.3 Å². The minimum Gasteiger partial charge on any atom is -0.370 e. The Morgan fingerprint density at radius 3 is 2.80 bits per heavy atom. The van der Waals surface area contributed by atoms with E-state index in [4.69, 9.17) is 4.74 Å². The maximum Gasteiger partial charge on any atom is 0.107 e. The fourth-order valence-corrected chi connectivity index (χ4v) is 2.74. The second-order valence-electron chi connectivity index (χ2n) is 4.53. The molecule has 0 fully saturated rings. The van der Waals surface area contributed by atoms with Gasteiger partial charge in [0.2, 0.25) is 0 Å². The van der Waals surface area contributed by atoms with Gasteiger partial charge in [0.1, 0.15) is 5.01 Å². The molecule has 2 rings (SSSR count). The smallest absolute Gasteiger partial charge is 0.107 e. The van der Waals surface area contributed by atoms with E-state index in [2.05, 4.69) is 50.7 Å². The molecule has 1 aromatic heterocycles. The molecule has 1 N–H and O–H groups in total. The SMILES string of the molecule is CCCNCc1nc(COCc2ccc(Br)cc2)cs1. The molecule has 1 heterocycles. The van der Waals surface area contributed by atoms with Crippen LogP contribution in [0.3, 0.4) is 0 Å². The number of ether oxygens (including phenoxy) is 1. The number of rotatable bonds is 8. The number of aromatic nitrogens is 1. The van der Waals surface area contributed by atoms with Crippen LogP contribution in [0.15, 0.2) is 34.1 Å². The van der Waals surface area contributed by atoms with Gasteiger partial charge in [0, 0.05) is 16.4 Å². The highest BCUT2D eigenvalue weighted by Gasteiger charge is 2.02. The van der Waals surface area contributed by atoms with Crippen LogP contribution in [0.1, 0.15) is 29.6 Å². The Hall–Kier alpha value is -0.750. The molecule has 0 bridgehead atoms. The predicted molar refractivity (Wildman–Crippen MR) is 86.7 cm³/mol. The van der Waals surface area contributed by atoms with Crippen LogP contribution in [0.5, 0.6) is 0 Å². The molecule has 0 radical (unpaired) electrons. The van der Waals surface area contributed by atoms with E-state index in [0.29, 0.717) is 13.2 Å². The summed E-state index contributed by atoms with van der Waals surface area (Å²) in [6.07, 6.45) is 1.15. The van der Waals surface area contributed by atoms with Crippen molar-refractivity contribution in [2.75, 3.05) is 6.54 Å². The lowest BCUT2D eigenvalue weighted by molar-refractivity contribution is 0.105. The van der Waals surface area contributed by atoms with Crippen LogP contribution in [0.4, 0.5) is 0 Å². The fraction of sp³-hybridized carbons (Fsp3) is 0.400. The molecular formula is C15H19BrN2OS. The zero-order valence-corrected chi connectivity index (χ0v) is 14.0. The summed E-state index contributed by atoms with van der Waals surface area (Å²) in [7, 11) is 0. The average molecular weight is 355 g/mol. The number of benzene rings is 1. The number of thiazole rings is 1. The summed E-state index contributed by atoms with van der Waals surface area (Å²) in [5.41, 5.74) is 2.19. The lowest BCUT2D eigenvalue weighted by Gasteiger charge is -2.02. The van der Waals surface area contributed by atoms with E-state index in [0.717, 1.165) is 34.7 Å². The van der Waals surface area contributed by atoms with Gasteiger partial charge in [-0.25, -0.2) is 4.98 Å². The number of nitrogens with one attached hydrogen (secondary N) is 1. The first-order chi connectivity index (χ1) is 9.78. The number of halogens is 1. The van der Waals surface area contributed by atoms with Gasteiger partial charge >= 0.3 is 0 Å². The summed E-state index contributed by atoms with van der Waals surface area (Å²) in [6, 6.07) is 8.18. The minimum absolute atomic E-state index is 0.570. The van der Waals surface area contributed by atoms with Crippen LogP contribution in [0.2, 0.25) is 0 Å². The van der Waals surface area contributed by atoms with E-state index in [1.165, 1.54) is 5.56 Å². The third-order valence-electron chi connectivity index (χ3n) is 2.73. The van der Waals surface area contributed by atoms with E-state index in [9.17, 15) is 0 Å². The van der Waals surface area contributed by atoms with Gasteiger partial charge in [-0.15, -0.1) is 11.3 Å². The molecule has 0 amide bonds. The summed E-state index contributed by atoms with van der Waals surface area (Å²) >= 11 is 5.11. The van der Waals surface area contributed by atoms with Crippen molar-refractivity contribution in [1.29, 1.82) is 0 Å². The zero-order valence-electron chi connectivity index (χ0n) is 11.6. The summed E-state index contributed by atoms with van der Waals surface area (Å²) in [4.78, 5) is 4.55. The molecule has 0 aliphatic heterocycles. The molecule has 0 aliphatic rings. The van der Waals surface area contributed by atoms with Gasteiger partial charge in [-0.3, -0.25) is 0 Å². The third kappa shape index (κ3) is 5.32. The first kappa shape index (κ1) is 15.6. The Balaban J connectivity index is 1.72. The van der Waals surface area contributed by atoms with Crippen LogP contribution >= 0.6 is 27.3 Å². The highest BCUT2D eigenvalue weighted by atomic mass is 79.9. The van der Waals surface area contributed by atoms with Crippen LogP contribution in [0, 0.1) is 0 Å². The Morgan fingerprint density at radius 1 is 1.25 bits per heavy atom. The van der Waals surface area contributed by atoms with Crippen LogP contribution in [-0.4, -0.2) is 11.5 Å². The van der Waals surface area contributed by atoms with Crippen LogP contribution in [-0.2, 0) is 24.5 Å². The molecule has 3 nitrogen and oxygen atoms in total. The van der Waals surface area contributed by atoms with Crippen molar-refractivity contribution in [2.24, 2.45) is 0 Å². The van der Waals surface area contributed by atoms with Gasteiger partial charge in [0.25, 0.3) is 0 Å². The molecule has 108 valence electrons. The first-order valence-corrected chi connectivity index (χ1v) is 8.41. The molecule has 5 heteroatoms. The largest absolute Gasteiger partial charge is 0.370 e. The molecule has 0 aliphatic carbocycles. The van der Waals surface area contributed by atoms with E-state index in [1.54, 1.807) is 11.3 Å². The highest BCUT2D eigenvalue weighted by molar-refractivity contribution is 9.10. The second kappa shape index (κ2) is 8.52. The van der Waals surface area contributed by atoms with Crippen molar-refractivity contribution < 1.29 is 4.74 Å². The molecule has 0 saturated carbocycles. The summed E-state index contributed by atoms with van der Waals surface area (Å²) in [6.45, 7) is 5.24. The molecular weight excluding hydrogens is 336 g/mol. The van der Waals surface area contributed by atoms with Crippen LogP contribution < -0.4 is 5.32 Å². The summed E-state index contributed by atoms with van der Waals surface area (Å²) in [5, 5.41) is 6.55. The molecule has 2 aromatic rings. The van der Waals surface area contributed by atoms with Crippen molar-refractivity contribution in [2.45, 2.75) is 33.1 Å². The van der Waals surface area contributed by atoms with E-state index >= 15 is 0 Å². The average Bonchev–Trinajstić information content (AvgIpc) is 2.89. The molecule has 20 heavy (non-hydrogen) atoms. The van der Waals surface area contributed by atoms with E-state index < -0.39 is 0 Å². The van der Waals surface area contributed by atoms with Gasteiger partial charge in [-0.2, -0.15) is 0 Å². The van der Waals surface area contributed by atoms with Crippen molar-refractivity contribution in [3.05, 3.63) is 50.4 Å². The van der Waals surface area contributed by atoms with Gasteiger partial charge in [-0.1, -0.05) is 35.0 Å². The zero-order chi connectivity index (χ0) is 14.2. The number of nitrogens with zero attached hydrogens (tertiary/aromatic N) is 1. The Labute approximate surface area is 132 Å². The molecule has 0 unspecified atom stereocenters. The van der Waals surface area contributed by atoms with Gasteiger partial charge in [-0.05, 0) is 30.7 Å². The molecule has 0 saturated heterocycles. The van der Waals surface area contributed by atoms with Crippen molar-refractivity contribution >= 4 is 27.3 Å². The minimum atomic E-state index is 0.570. The third-order valence-corrected chi connectivity index (χ3v) is 4.16. The maximum atomic E-state index is 5.69. The second-order valence-corrected chi connectivity index (χ2v) is 6.39. The number of hydrogen-bond donors (Lipinski definition) is 1. The summed E-state index contributed by atoms with van der Waals surface area (Å²) in [5.74, 6) is 0. The number of hydrogen-bond acceptors (Lipinski definition) is 4. The first-order valence-electron chi connectivity index (χ1n) is 6.74. The highest BCUT2D eigenvalue weighted by Crippen LogP contribution is 2.13. The van der Waals surface area contributed by atoms with Crippen molar-refractivity contribution in [3.63, 3.8) is 0 Å².